The number of hydrogen-bond donors (Lipinski definition) is 0. The molecule has 0 N–H and O–H groups in total. The number of imidazole rings is 3. The molecule has 1 aliphatic heterocycles. The second kappa shape index (κ2) is 42.2. The monoisotopic (exact) mass is 1660 g/mol. The Balaban J connectivity index is 0.000000190. The summed E-state index contributed by atoms with van der Waals surface area (Å²) < 4.78 is 16.1. The minimum absolute atomic E-state index is 0.0130. The highest BCUT2D eigenvalue weighted by atomic mass is 32.1. The molecule has 1 saturated heterocycles. The van der Waals surface area contributed by atoms with Gasteiger partial charge in [-0.2, -0.15) is 36.0 Å². The van der Waals surface area contributed by atoms with Gasteiger partial charge in [0.1, 0.15) is 61.5 Å². The van der Waals surface area contributed by atoms with Crippen LogP contribution in [0.1, 0.15) is 179 Å². The van der Waals surface area contributed by atoms with Crippen LogP contribution in [0.3, 0.4) is 0 Å². The summed E-state index contributed by atoms with van der Waals surface area (Å²) in [7, 11) is 0. The number of ether oxygens (including phenoxy) is 2. The number of nitriles is 4. The summed E-state index contributed by atoms with van der Waals surface area (Å²) in [5, 5.41) is 69.8. The normalized spacial score (nSPS) is 12.7. The van der Waals surface area contributed by atoms with Crippen LogP contribution in [0.4, 0.5) is 59.9 Å². The smallest absolute Gasteiger partial charge is 0.324 e. The van der Waals surface area contributed by atoms with E-state index in [1.807, 2.05) is 198 Å². The molecule has 1 aliphatic rings. The van der Waals surface area contributed by atoms with E-state index in [-0.39, 0.29) is 88.2 Å². The van der Waals surface area contributed by atoms with Crippen LogP contribution in [0.25, 0.3) is 32.2 Å². The molecule has 0 bridgehead atoms. The number of anilines is 3. The van der Waals surface area contributed by atoms with Crippen LogP contribution < -0.4 is 14.7 Å². The Kier molecular flexibility index (Phi) is 31.3. The minimum Gasteiger partial charge on any atom is -0.464 e. The summed E-state index contributed by atoms with van der Waals surface area (Å²) in [5.41, 5.74) is 7.61. The lowest BCUT2D eigenvalue weighted by Crippen LogP contribution is -2.39. The number of benzene rings is 5. The molecule has 0 radical (unpaired) electrons. The predicted molar refractivity (Wildman–Crippen MR) is 469 cm³/mol. The average molecular weight is 1660 g/mol. The maximum atomic E-state index is 12.6. The molecule has 31 heteroatoms. The number of azo groups is 3. The Morgan fingerprint density at radius 2 is 0.992 bits per heavy atom. The van der Waals surface area contributed by atoms with E-state index in [2.05, 4.69) is 132 Å². The van der Waals surface area contributed by atoms with Gasteiger partial charge in [-0.25, -0.2) is 15.0 Å². The quantitative estimate of drug-likeness (QED) is 0.0229. The van der Waals surface area contributed by atoms with Gasteiger partial charge in [0.05, 0.1) is 30.1 Å². The van der Waals surface area contributed by atoms with Gasteiger partial charge < -0.3 is 33.9 Å². The molecule has 2 atom stereocenters. The fourth-order valence-electron chi connectivity index (χ4n) is 12.4. The third-order valence-electron chi connectivity index (χ3n) is 20.3. The highest BCUT2D eigenvalue weighted by molar-refractivity contribution is 7.20. The topological polar surface area (TPSA) is 332 Å². The Hall–Kier alpha value is -13.3. The first-order valence-corrected chi connectivity index (χ1v) is 42.3. The van der Waals surface area contributed by atoms with Crippen LogP contribution in [0.5, 0.6) is 0 Å². The van der Waals surface area contributed by atoms with Crippen LogP contribution in [-0.4, -0.2) is 108 Å². The predicted octanol–water partition coefficient (Wildman–Crippen LogP) is 22.4. The number of aromatic nitrogens is 9. The zero-order valence-electron chi connectivity index (χ0n) is 69.8. The van der Waals surface area contributed by atoms with Gasteiger partial charge in [-0.15, -0.1) is 20.5 Å². The number of piperidine rings is 1. The van der Waals surface area contributed by atoms with Crippen molar-refractivity contribution in [2.45, 2.75) is 159 Å². The van der Waals surface area contributed by atoms with Crippen molar-refractivity contribution in [1.29, 1.82) is 21.0 Å². The number of thiazole rings is 3. The third kappa shape index (κ3) is 22.3. The van der Waals surface area contributed by atoms with Crippen molar-refractivity contribution in [2.75, 3.05) is 60.6 Å². The van der Waals surface area contributed by atoms with Crippen molar-refractivity contribution in [3.8, 4) is 46.8 Å². The summed E-state index contributed by atoms with van der Waals surface area (Å²) in [4.78, 5) is 65.8. The SMILES string of the molecule is CCC(C)c1ccc(Cn2c(N=Nc3sc(N(CC)CC)nc3-c3ccccc3)nc(C#N)c2C#N)cc1.[C-]#[N+]c1c(C#N)nc(N=Nc2sc(N(CC)CCOC(=O)C(C)CC)nc2C(C)(C)C)n1Cc1ccccc1.[C-]#[N+]c1c(C#N)nc(N=Nc2sc(N3CCC(OC(=O)C(C)(C)CC)CC3)nc2-c2ccccc2)n1Cc1ccccc1. The summed E-state index contributed by atoms with van der Waals surface area (Å²) in [5.74, 6) is 0.821. The minimum atomic E-state index is -0.490. The van der Waals surface area contributed by atoms with Gasteiger partial charge in [-0.3, -0.25) is 23.3 Å². The molecule has 0 amide bonds. The standard InChI is InChI=1S/C32H32N8O2S.C29H30N8S.C28H34N8O2S/c1-5-32(2,3)29(41)42-24-16-18-39(19-17-24)31-36-26(23-14-10-7-11-15-23)28(43-31)37-38-30-35-25(20-33)27(34-4)40(30)21-22-12-8-6-9-13-22;1-5-20(4)22-15-13-21(14-16-22)19-37-25(18-31)24(17-30)32-28(37)35-34-27-26(23-11-9-8-10-12-23)33-29(38-27)36(6-2)7-3;1-8-19(3)25(37)38-16-15-35(9-2)27-32-22(28(4,5)6)24(39-27)33-34-26-31-21(17-29)23(30-7)36(26)18-20-13-11-10-12-14-20/h6-15,24H,5,16-19,21H2,1-3H3;8-16,20H,5-7,19H2,1-4H3;10-14,19H,8-9,15-16,18H2,1-6H3. The van der Waals surface area contributed by atoms with Crippen LogP contribution in [-0.2, 0) is 44.1 Å². The van der Waals surface area contributed by atoms with Crippen LogP contribution >= 0.6 is 34.0 Å². The Morgan fingerprint density at radius 1 is 0.542 bits per heavy atom. The lowest BCUT2D eigenvalue weighted by Gasteiger charge is -2.33. The number of rotatable bonds is 30. The molecule has 614 valence electrons. The first kappa shape index (κ1) is 89.1. The molecule has 28 nitrogen and oxygen atoms in total. The fraction of sp³-hybridized carbons (Fsp3) is 0.371. The van der Waals surface area contributed by atoms with Gasteiger partial charge in [0.15, 0.2) is 53.2 Å². The van der Waals surface area contributed by atoms with E-state index < -0.39 is 5.41 Å². The first-order chi connectivity index (χ1) is 58.0. The molecule has 120 heavy (non-hydrogen) atoms. The van der Waals surface area contributed by atoms with E-state index in [0.717, 1.165) is 99.8 Å². The summed E-state index contributed by atoms with van der Waals surface area (Å²) in [6.07, 6.45) is 3.85. The number of nitrogens with zero attached hydrogens (tertiary/aromatic N) is 24. The number of likely N-dealkylation sites (N-methyl/N-ethyl adjacent to an activating group) is 1. The zero-order chi connectivity index (χ0) is 86.0. The van der Waals surface area contributed by atoms with Gasteiger partial charge in [0.25, 0.3) is 17.6 Å². The number of esters is 2. The van der Waals surface area contributed by atoms with Crippen molar-refractivity contribution in [1.82, 2.24) is 43.6 Å². The largest absolute Gasteiger partial charge is 0.464 e. The Labute approximate surface area is 712 Å². The third-order valence-corrected chi connectivity index (χ3v) is 23.3. The van der Waals surface area contributed by atoms with E-state index in [1.54, 1.807) is 13.7 Å². The maximum absolute atomic E-state index is 12.6. The zero-order valence-corrected chi connectivity index (χ0v) is 72.2. The highest BCUT2D eigenvalue weighted by Gasteiger charge is 2.34. The van der Waals surface area contributed by atoms with Gasteiger partial charge in [-0.1, -0.05) is 258 Å². The van der Waals surface area contributed by atoms with E-state index in [9.17, 15) is 30.6 Å². The second-order valence-electron chi connectivity index (χ2n) is 29.8. The van der Waals surface area contributed by atoms with Crippen molar-refractivity contribution in [3.63, 3.8) is 0 Å². The molecular weight excluding hydrogens is 1570 g/mol. The van der Waals surface area contributed by atoms with Gasteiger partial charge >= 0.3 is 23.8 Å². The van der Waals surface area contributed by atoms with E-state index >= 15 is 0 Å². The van der Waals surface area contributed by atoms with Gasteiger partial charge in [0, 0.05) is 62.1 Å². The summed E-state index contributed by atoms with van der Waals surface area (Å²) >= 11 is 4.27. The van der Waals surface area contributed by atoms with Crippen molar-refractivity contribution >= 4 is 106 Å². The van der Waals surface area contributed by atoms with E-state index in [0.29, 0.717) is 72.4 Å². The molecule has 2 unspecified atom stereocenters. The molecule has 0 saturated carbocycles. The molecule has 0 spiro atoms. The van der Waals surface area contributed by atoms with Crippen molar-refractivity contribution < 1.29 is 19.1 Å². The van der Waals surface area contributed by atoms with Crippen LogP contribution in [0.2, 0.25) is 0 Å². The lowest BCUT2D eigenvalue weighted by molar-refractivity contribution is -0.160. The molecule has 5 aromatic carbocycles. The highest BCUT2D eigenvalue weighted by Crippen LogP contribution is 2.45. The molecule has 1 fully saturated rings. The Bertz CT molecular complexity index is 5670. The summed E-state index contributed by atoms with van der Waals surface area (Å²) in [6, 6.07) is 55.4. The number of carbonyl (C=O) groups is 2. The van der Waals surface area contributed by atoms with Crippen molar-refractivity contribution in [2.24, 2.45) is 42.0 Å². The summed E-state index contributed by atoms with van der Waals surface area (Å²) in [6.45, 7) is 47.2. The average Bonchev–Trinajstić information content (AvgIpc) is 1.65. The van der Waals surface area contributed by atoms with Crippen LogP contribution in [0, 0.1) is 69.8 Å². The fourth-order valence-corrected chi connectivity index (χ4v) is 15.5. The molecule has 6 aromatic heterocycles. The first-order valence-electron chi connectivity index (χ1n) is 39.8. The second-order valence-corrected chi connectivity index (χ2v) is 32.7. The lowest BCUT2D eigenvalue weighted by atomic mass is 9.90. The van der Waals surface area contributed by atoms with E-state index in [4.69, 9.17) is 37.6 Å². The van der Waals surface area contributed by atoms with Gasteiger partial charge in [0.2, 0.25) is 0 Å². The Morgan fingerprint density at radius 3 is 1.46 bits per heavy atom. The molecule has 0 aliphatic carbocycles. The molecular formula is C89H96N24O4S3. The molecule has 7 heterocycles. The maximum Gasteiger partial charge on any atom is 0.324 e. The molecule has 12 rings (SSSR count). The van der Waals surface area contributed by atoms with Crippen molar-refractivity contribution in [3.05, 3.63) is 219 Å². The van der Waals surface area contributed by atoms with Crippen LogP contribution in [0.15, 0.2) is 176 Å². The van der Waals surface area contributed by atoms with Gasteiger partial charge in [-0.05, 0) is 82.1 Å². The number of carbonyl (C=O) groups excluding carboxylic acids is 2. The van der Waals surface area contributed by atoms with E-state index in [1.165, 1.54) is 39.6 Å². The number of hydrogen-bond acceptors (Lipinski definition) is 26. The molecule has 11 aromatic rings.